The van der Waals surface area contributed by atoms with E-state index in [1.54, 1.807) is 18.2 Å². The van der Waals surface area contributed by atoms with Crippen LogP contribution in [0.2, 0.25) is 0 Å². The smallest absolute Gasteiger partial charge is 0.392 e. The van der Waals surface area contributed by atoms with E-state index in [1.165, 1.54) is 24.3 Å². The summed E-state index contributed by atoms with van der Waals surface area (Å²) in [6.45, 7) is -0.501. The Balaban J connectivity index is 1.79. The first-order chi connectivity index (χ1) is 13.9. The molecule has 148 valence electrons. The van der Waals surface area contributed by atoms with Gasteiger partial charge < -0.3 is 14.2 Å². The summed E-state index contributed by atoms with van der Waals surface area (Å²) >= 11 is 0. The van der Waals surface area contributed by atoms with Crippen LogP contribution in [0.3, 0.4) is 0 Å². The summed E-state index contributed by atoms with van der Waals surface area (Å²) in [5.41, 5.74) is -1.14. The van der Waals surface area contributed by atoms with Crippen LogP contribution in [0.25, 0.3) is 34.3 Å². The van der Waals surface area contributed by atoms with Crippen molar-refractivity contribution in [1.29, 1.82) is 0 Å². The number of hydrogen-bond acceptors (Lipinski definition) is 6. The Bertz CT molecular complexity index is 1150. The maximum absolute atomic E-state index is 13.9. The Hall–Kier alpha value is -3.53. The average molecular weight is 405 g/mol. The lowest BCUT2D eigenvalue weighted by Crippen LogP contribution is -2.07. The van der Waals surface area contributed by atoms with E-state index < -0.39 is 41.5 Å². The lowest BCUT2D eigenvalue weighted by molar-refractivity contribution is -0.136. The molecule has 0 saturated heterocycles. The average Bonchev–Trinajstić information content (AvgIpc) is 3.35. The number of aromatic nitrogens is 3. The third-order valence-corrected chi connectivity index (χ3v) is 4.12. The van der Waals surface area contributed by atoms with Crippen LogP contribution in [0.1, 0.15) is 11.1 Å². The number of hydrogen-bond donors (Lipinski definition) is 1. The lowest BCUT2D eigenvalue weighted by Gasteiger charge is -2.06. The van der Waals surface area contributed by atoms with Gasteiger partial charge in [-0.25, -0.2) is 4.39 Å². The van der Waals surface area contributed by atoms with E-state index in [0.29, 0.717) is 0 Å². The van der Waals surface area contributed by atoms with Crippen LogP contribution in [-0.4, -0.2) is 20.4 Å². The summed E-state index contributed by atoms with van der Waals surface area (Å²) in [6.07, 6.45) is -4.80. The Morgan fingerprint density at radius 2 is 1.69 bits per heavy atom. The summed E-state index contributed by atoms with van der Waals surface area (Å²) < 4.78 is 64.8. The van der Waals surface area contributed by atoms with Crippen molar-refractivity contribution in [2.24, 2.45) is 0 Å². The van der Waals surface area contributed by atoms with Crippen molar-refractivity contribution in [2.75, 3.05) is 0 Å². The van der Waals surface area contributed by atoms with Crippen molar-refractivity contribution in [3.8, 4) is 34.3 Å². The second-order valence-electron chi connectivity index (χ2n) is 5.99. The van der Waals surface area contributed by atoms with E-state index in [2.05, 4.69) is 15.3 Å². The minimum Gasteiger partial charge on any atom is -0.392 e. The molecule has 2 aromatic heterocycles. The normalized spacial score (nSPS) is 11.8. The van der Waals surface area contributed by atoms with E-state index >= 15 is 0 Å². The molecular formula is C19H11F4N3O3. The SMILES string of the molecule is OCc1ccc(-c2noc(-c3onc(-c4ccccc4)c3C(F)(F)F)n2)cc1F. The first kappa shape index (κ1) is 18.8. The molecule has 0 aliphatic heterocycles. The molecule has 0 amide bonds. The minimum absolute atomic E-state index is 0.0552. The Morgan fingerprint density at radius 1 is 0.931 bits per heavy atom. The molecular weight excluding hydrogens is 394 g/mol. The van der Waals surface area contributed by atoms with Crippen LogP contribution in [0.15, 0.2) is 57.6 Å². The van der Waals surface area contributed by atoms with Gasteiger partial charge in [-0.05, 0) is 6.07 Å². The molecule has 29 heavy (non-hydrogen) atoms. The van der Waals surface area contributed by atoms with Crippen LogP contribution in [0, 0.1) is 5.82 Å². The van der Waals surface area contributed by atoms with E-state index in [9.17, 15) is 17.6 Å². The molecule has 0 atom stereocenters. The second-order valence-corrected chi connectivity index (χ2v) is 5.99. The van der Waals surface area contributed by atoms with Crippen molar-refractivity contribution in [1.82, 2.24) is 15.3 Å². The summed E-state index contributed by atoms with van der Waals surface area (Å²) in [4.78, 5) is 3.89. The van der Waals surface area contributed by atoms with Gasteiger partial charge in [0, 0.05) is 16.7 Å². The zero-order valence-electron chi connectivity index (χ0n) is 14.4. The van der Waals surface area contributed by atoms with Gasteiger partial charge in [0.15, 0.2) is 0 Å². The third-order valence-electron chi connectivity index (χ3n) is 4.12. The number of benzene rings is 2. The van der Waals surface area contributed by atoms with Crippen molar-refractivity contribution in [3.63, 3.8) is 0 Å². The number of rotatable bonds is 4. The molecule has 0 bridgehead atoms. The van der Waals surface area contributed by atoms with Crippen molar-refractivity contribution in [3.05, 3.63) is 65.5 Å². The highest BCUT2D eigenvalue weighted by Crippen LogP contribution is 2.43. The molecule has 0 saturated carbocycles. The van der Waals surface area contributed by atoms with Crippen molar-refractivity contribution >= 4 is 0 Å². The number of aliphatic hydroxyl groups excluding tert-OH is 1. The van der Waals surface area contributed by atoms with Gasteiger partial charge in [-0.3, -0.25) is 0 Å². The van der Waals surface area contributed by atoms with E-state index in [0.717, 1.165) is 6.07 Å². The number of nitrogens with zero attached hydrogens (tertiary/aromatic N) is 3. The number of aliphatic hydroxyl groups is 1. The molecule has 1 N–H and O–H groups in total. The van der Waals surface area contributed by atoms with Gasteiger partial charge in [-0.2, -0.15) is 18.2 Å². The van der Waals surface area contributed by atoms with Gasteiger partial charge in [0.05, 0.1) is 6.61 Å². The Morgan fingerprint density at radius 3 is 2.34 bits per heavy atom. The molecule has 4 aromatic rings. The highest BCUT2D eigenvalue weighted by Gasteiger charge is 2.42. The molecule has 0 aliphatic carbocycles. The maximum atomic E-state index is 13.9. The highest BCUT2D eigenvalue weighted by molar-refractivity contribution is 5.71. The Kier molecular flexibility index (Phi) is 4.63. The predicted molar refractivity (Wildman–Crippen MR) is 91.5 cm³/mol. The van der Waals surface area contributed by atoms with E-state index in [-0.39, 0.29) is 22.5 Å². The first-order valence-corrected chi connectivity index (χ1v) is 8.24. The van der Waals surface area contributed by atoms with Crippen molar-refractivity contribution in [2.45, 2.75) is 12.8 Å². The predicted octanol–water partition coefficient (Wildman–Crippen LogP) is 4.71. The first-order valence-electron chi connectivity index (χ1n) is 8.24. The summed E-state index contributed by atoms with van der Waals surface area (Å²) in [7, 11) is 0. The molecule has 0 radical (unpaired) electrons. The zero-order valence-corrected chi connectivity index (χ0v) is 14.4. The van der Waals surface area contributed by atoms with Gasteiger partial charge in [0.25, 0.3) is 5.89 Å². The monoisotopic (exact) mass is 405 g/mol. The summed E-state index contributed by atoms with van der Waals surface area (Å²) in [6, 6.07) is 11.5. The van der Waals surface area contributed by atoms with Crippen LogP contribution in [-0.2, 0) is 12.8 Å². The fourth-order valence-corrected chi connectivity index (χ4v) is 2.74. The van der Waals surface area contributed by atoms with Crippen LogP contribution >= 0.6 is 0 Å². The molecule has 0 unspecified atom stereocenters. The number of alkyl halides is 3. The summed E-state index contributed by atoms with van der Waals surface area (Å²) in [5.74, 6) is -2.14. The zero-order chi connectivity index (χ0) is 20.6. The third kappa shape index (κ3) is 3.49. The van der Waals surface area contributed by atoms with Gasteiger partial charge in [0.1, 0.15) is 17.1 Å². The van der Waals surface area contributed by atoms with Crippen molar-refractivity contribution < 1.29 is 31.7 Å². The molecule has 0 fully saturated rings. The second kappa shape index (κ2) is 7.13. The molecule has 0 spiro atoms. The van der Waals surface area contributed by atoms with Gasteiger partial charge in [-0.15, -0.1) is 0 Å². The topological polar surface area (TPSA) is 85.2 Å². The molecule has 10 heteroatoms. The number of halogens is 4. The Labute approximate surface area is 160 Å². The fraction of sp³-hybridized carbons (Fsp3) is 0.105. The molecule has 2 heterocycles. The summed E-state index contributed by atoms with van der Waals surface area (Å²) in [5, 5.41) is 16.2. The maximum Gasteiger partial charge on any atom is 0.422 e. The van der Waals surface area contributed by atoms with Gasteiger partial charge in [0.2, 0.25) is 11.6 Å². The van der Waals surface area contributed by atoms with Crippen LogP contribution in [0.5, 0.6) is 0 Å². The van der Waals surface area contributed by atoms with Crippen LogP contribution in [0.4, 0.5) is 17.6 Å². The fourth-order valence-electron chi connectivity index (χ4n) is 2.74. The largest absolute Gasteiger partial charge is 0.422 e. The lowest BCUT2D eigenvalue weighted by atomic mass is 10.1. The molecule has 2 aromatic carbocycles. The van der Waals surface area contributed by atoms with Gasteiger partial charge in [-0.1, -0.05) is 52.8 Å². The highest BCUT2D eigenvalue weighted by atomic mass is 19.4. The van der Waals surface area contributed by atoms with Gasteiger partial charge >= 0.3 is 6.18 Å². The molecule has 0 aliphatic rings. The van der Waals surface area contributed by atoms with E-state index in [1.807, 2.05) is 0 Å². The minimum atomic E-state index is -4.80. The standard InChI is InChI=1S/C19H11F4N3O3/c20-13-8-11(6-7-12(13)9-27)17-24-18(29-26-17)16-14(19(21,22)23)15(25-28-16)10-4-2-1-3-5-10/h1-8,27H,9H2. The molecule has 6 nitrogen and oxygen atoms in total. The van der Waals surface area contributed by atoms with E-state index in [4.69, 9.17) is 14.2 Å². The van der Waals surface area contributed by atoms with Crippen LogP contribution < -0.4 is 0 Å². The molecule has 4 rings (SSSR count). The quantitative estimate of drug-likeness (QED) is 0.495.